The Morgan fingerprint density at radius 3 is 2.71 bits per heavy atom. The zero-order chi connectivity index (χ0) is 27.4. The molecule has 0 radical (unpaired) electrons. The van der Waals surface area contributed by atoms with E-state index >= 15 is 0 Å². The highest BCUT2D eigenvalue weighted by Crippen LogP contribution is 2.31. The topological polar surface area (TPSA) is 124 Å². The summed E-state index contributed by atoms with van der Waals surface area (Å²) in [5.74, 6) is 0.129. The number of benzene rings is 2. The van der Waals surface area contributed by atoms with Crippen LogP contribution < -0.4 is 19.7 Å². The number of likely N-dealkylation sites (tertiary alicyclic amines) is 1. The zero-order valence-corrected chi connectivity index (χ0v) is 22.9. The molecule has 1 fully saturated rings. The third-order valence-electron chi connectivity index (χ3n) is 6.49. The molecule has 1 unspecified atom stereocenters. The van der Waals surface area contributed by atoms with Crippen LogP contribution in [0, 0.1) is 0 Å². The van der Waals surface area contributed by atoms with Crippen molar-refractivity contribution in [2.24, 2.45) is 0 Å². The highest BCUT2D eigenvalue weighted by molar-refractivity contribution is 7.92. The molecule has 1 amide bonds. The fraction of sp³-hybridized carbons (Fsp3) is 0.407. The van der Waals surface area contributed by atoms with E-state index in [9.17, 15) is 18.3 Å². The Bertz CT molecular complexity index is 1400. The van der Waals surface area contributed by atoms with Gasteiger partial charge in [-0.3, -0.25) is 19.4 Å². The van der Waals surface area contributed by atoms with Crippen LogP contribution in [0.3, 0.4) is 0 Å². The SMILES string of the molecule is CC(Oc1ccc(NS(C)(=O)=O)c2ncccc12)C(=O)N[C@H](CN1CC[C@H](O)C1)c1cccc(N(C)C)c1. The average molecular weight is 542 g/mol. The number of sulfonamides is 1. The summed E-state index contributed by atoms with van der Waals surface area (Å²) in [6.07, 6.45) is 2.16. The molecule has 4 rings (SSSR count). The minimum atomic E-state index is -3.50. The van der Waals surface area contributed by atoms with E-state index in [0.717, 1.165) is 24.1 Å². The number of amides is 1. The van der Waals surface area contributed by atoms with Crippen LogP contribution in [0.4, 0.5) is 11.4 Å². The molecule has 0 bridgehead atoms. The van der Waals surface area contributed by atoms with Crippen molar-refractivity contribution in [3.8, 4) is 5.75 Å². The van der Waals surface area contributed by atoms with Crippen LogP contribution in [0.2, 0.25) is 0 Å². The zero-order valence-electron chi connectivity index (χ0n) is 22.1. The second-order valence-electron chi connectivity index (χ2n) is 9.90. The number of carbonyl (C=O) groups excluding carboxylic acids is 1. The molecule has 1 aliphatic heterocycles. The van der Waals surface area contributed by atoms with E-state index in [1.54, 1.807) is 37.4 Å². The number of aromatic nitrogens is 1. The number of anilines is 2. The summed E-state index contributed by atoms with van der Waals surface area (Å²) in [5.41, 5.74) is 2.74. The van der Waals surface area contributed by atoms with Gasteiger partial charge in [-0.2, -0.15) is 0 Å². The van der Waals surface area contributed by atoms with Crippen LogP contribution in [-0.4, -0.2) is 81.5 Å². The quantitative estimate of drug-likeness (QED) is 0.357. The van der Waals surface area contributed by atoms with Gasteiger partial charge in [0.25, 0.3) is 5.91 Å². The maximum atomic E-state index is 13.4. The smallest absolute Gasteiger partial charge is 0.261 e. The molecule has 2 heterocycles. The highest BCUT2D eigenvalue weighted by atomic mass is 32.2. The molecule has 1 aromatic heterocycles. The molecule has 10 nitrogen and oxygen atoms in total. The Labute approximate surface area is 223 Å². The summed E-state index contributed by atoms with van der Waals surface area (Å²) in [7, 11) is 0.438. The molecule has 3 N–H and O–H groups in total. The molecule has 2 aromatic carbocycles. The number of carbonyl (C=O) groups is 1. The predicted octanol–water partition coefficient (Wildman–Crippen LogP) is 2.36. The van der Waals surface area contributed by atoms with E-state index in [2.05, 4.69) is 26.0 Å². The van der Waals surface area contributed by atoms with Crippen molar-refractivity contribution in [3.63, 3.8) is 0 Å². The van der Waals surface area contributed by atoms with Gasteiger partial charge in [0.05, 0.1) is 29.6 Å². The second kappa shape index (κ2) is 11.5. The Hall–Kier alpha value is -3.41. The number of pyridine rings is 1. The predicted molar refractivity (Wildman–Crippen MR) is 149 cm³/mol. The summed E-state index contributed by atoms with van der Waals surface area (Å²) in [5, 5.41) is 13.7. The summed E-state index contributed by atoms with van der Waals surface area (Å²) in [4.78, 5) is 21.8. The maximum absolute atomic E-state index is 13.4. The van der Waals surface area contributed by atoms with Crippen molar-refractivity contribution in [1.82, 2.24) is 15.2 Å². The summed E-state index contributed by atoms with van der Waals surface area (Å²) >= 11 is 0. The normalized spacial score (nSPS) is 17.7. The maximum Gasteiger partial charge on any atom is 0.261 e. The first-order chi connectivity index (χ1) is 18.0. The van der Waals surface area contributed by atoms with Crippen LogP contribution in [-0.2, 0) is 14.8 Å². The Morgan fingerprint density at radius 2 is 2.03 bits per heavy atom. The lowest BCUT2D eigenvalue weighted by Gasteiger charge is -2.27. The van der Waals surface area contributed by atoms with Crippen LogP contribution in [0.5, 0.6) is 5.75 Å². The van der Waals surface area contributed by atoms with E-state index in [1.807, 2.05) is 37.2 Å². The van der Waals surface area contributed by atoms with E-state index in [4.69, 9.17) is 4.74 Å². The number of aliphatic hydroxyl groups excluding tert-OH is 1. The number of hydrogen-bond acceptors (Lipinski definition) is 8. The summed E-state index contributed by atoms with van der Waals surface area (Å²) < 4.78 is 32.1. The molecule has 3 aromatic rings. The van der Waals surface area contributed by atoms with Gasteiger partial charge in [0.15, 0.2) is 6.10 Å². The molecular formula is C27H35N5O5S. The van der Waals surface area contributed by atoms with E-state index < -0.39 is 16.1 Å². The highest BCUT2D eigenvalue weighted by Gasteiger charge is 2.27. The van der Waals surface area contributed by atoms with Crippen LogP contribution in [0.1, 0.15) is 24.9 Å². The van der Waals surface area contributed by atoms with Gasteiger partial charge in [0.1, 0.15) is 5.75 Å². The fourth-order valence-electron chi connectivity index (χ4n) is 4.55. The minimum absolute atomic E-state index is 0.291. The van der Waals surface area contributed by atoms with E-state index in [-0.39, 0.29) is 18.1 Å². The van der Waals surface area contributed by atoms with E-state index in [1.165, 1.54) is 0 Å². The van der Waals surface area contributed by atoms with Crippen molar-refractivity contribution < 1.29 is 23.1 Å². The monoisotopic (exact) mass is 541 g/mol. The fourth-order valence-corrected chi connectivity index (χ4v) is 5.12. The van der Waals surface area contributed by atoms with E-state index in [0.29, 0.717) is 41.9 Å². The molecule has 38 heavy (non-hydrogen) atoms. The van der Waals surface area contributed by atoms with Gasteiger partial charge in [-0.1, -0.05) is 12.1 Å². The number of nitrogens with zero attached hydrogens (tertiary/aromatic N) is 3. The van der Waals surface area contributed by atoms with Crippen LogP contribution in [0.25, 0.3) is 10.9 Å². The number of β-amino-alcohol motifs (C(OH)–C–C–N with tert-alkyl or cyclic N) is 1. The molecule has 204 valence electrons. The Kier molecular flexibility index (Phi) is 8.39. The number of nitrogens with one attached hydrogen (secondary N) is 2. The van der Waals surface area contributed by atoms with Gasteiger partial charge < -0.3 is 20.1 Å². The van der Waals surface area contributed by atoms with Crippen LogP contribution in [0.15, 0.2) is 54.7 Å². The number of rotatable bonds is 10. The first kappa shape index (κ1) is 27.6. The third-order valence-corrected chi connectivity index (χ3v) is 7.08. The lowest BCUT2D eigenvalue weighted by molar-refractivity contribution is -0.128. The first-order valence-corrected chi connectivity index (χ1v) is 14.4. The van der Waals surface area contributed by atoms with Crippen molar-refractivity contribution in [1.29, 1.82) is 0 Å². The van der Waals surface area contributed by atoms with Crippen LogP contribution >= 0.6 is 0 Å². The minimum Gasteiger partial charge on any atom is -0.480 e. The van der Waals surface area contributed by atoms with Crippen molar-refractivity contribution in [3.05, 3.63) is 60.3 Å². The third kappa shape index (κ3) is 6.91. The van der Waals surface area contributed by atoms with Gasteiger partial charge in [0.2, 0.25) is 10.0 Å². The number of ether oxygens (including phenoxy) is 1. The number of aliphatic hydroxyl groups is 1. The molecule has 11 heteroatoms. The van der Waals surface area contributed by atoms with Gasteiger partial charge in [-0.15, -0.1) is 0 Å². The van der Waals surface area contributed by atoms with Gasteiger partial charge >= 0.3 is 0 Å². The molecule has 1 aliphatic rings. The number of fused-ring (bicyclic) bond motifs is 1. The van der Waals surface area contributed by atoms with Crippen molar-refractivity contribution in [2.45, 2.75) is 31.6 Å². The summed E-state index contributed by atoms with van der Waals surface area (Å²) in [6.45, 7) is 3.57. The standard InChI is InChI=1S/C27H35N5O5S/c1-18(37-25-11-10-23(30-38(4,35)36)26-22(25)9-6-13-28-26)27(34)29-24(17-32-14-12-21(33)16-32)19-7-5-8-20(15-19)31(2)3/h5-11,13,15,18,21,24,30,33H,12,14,16-17H2,1-4H3,(H,29,34)/t18?,21-,24+/m0/s1. The van der Waals surface area contributed by atoms with Gasteiger partial charge in [-0.25, -0.2) is 8.42 Å². The molecular weight excluding hydrogens is 506 g/mol. The molecule has 0 spiro atoms. The first-order valence-electron chi connectivity index (χ1n) is 12.5. The summed E-state index contributed by atoms with van der Waals surface area (Å²) in [6, 6.07) is 14.4. The van der Waals surface area contributed by atoms with Crippen molar-refractivity contribution >= 4 is 38.2 Å². The van der Waals surface area contributed by atoms with Gasteiger partial charge in [0, 0.05) is 51.0 Å². The lowest BCUT2D eigenvalue weighted by Crippen LogP contribution is -2.43. The lowest BCUT2D eigenvalue weighted by atomic mass is 10.0. The largest absolute Gasteiger partial charge is 0.480 e. The molecule has 1 saturated heterocycles. The van der Waals surface area contributed by atoms with Crippen molar-refractivity contribution in [2.75, 3.05) is 49.6 Å². The number of hydrogen-bond donors (Lipinski definition) is 3. The van der Waals surface area contributed by atoms with Gasteiger partial charge in [-0.05, 0) is 55.3 Å². The second-order valence-corrected chi connectivity index (χ2v) is 11.6. The Morgan fingerprint density at radius 1 is 1.24 bits per heavy atom. The molecule has 0 saturated carbocycles. The molecule has 0 aliphatic carbocycles. The molecule has 3 atom stereocenters. The Balaban J connectivity index is 1.55. The average Bonchev–Trinajstić information content (AvgIpc) is 3.28.